The first-order valence-electron chi connectivity index (χ1n) is 8.40. The van der Waals surface area contributed by atoms with E-state index in [1.54, 1.807) is 0 Å². The maximum atomic E-state index is 12.3. The lowest BCUT2D eigenvalue weighted by Crippen LogP contribution is -2.63. The number of piperazine rings is 1. The number of benzene rings is 1. The summed E-state index contributed by atoms with van der Waals surface area (Å²) in [6.07, 6.45) is 5.17. The van der Waals surface area contributed by atoms with Crippen molar-refractivity contribution in [2.45, 2.75) is 37.4 Å². The summed E-state index contributed by atoms with van der Waals surface area (Å²) in [6.45, 7) is 0. The molecule has 0 unspecified atom stereocenters. The second kappa shape index (κ2) is 9.38. The Kier molecular flexibility index (Phi) is 6.94. The Bertz CT molecular complexity index is 756. The summed E-state index contributed by atoms with van der Waals surface area (Å²) < 4.78 is 4.57. The number of nitrogens with one attached hydrogen (secondary N) is 3. The highest BCUT2D eigenvalue weighted by Gasteiger charge is 2.35. The predicted molar refractivity (Wildman–Crippen MR) is 96.0 cm³/mol. The van der Waals surface area contributed by atoms with E-state index in [1.165, 1.54) is 7.11 Å². The summed E-state index contributed by atoms with van der Waals surface area (Å²) in [5.41, 5.74) is 0.907. The number of terminal acetylenes is 1. The first-order valence-corrected chi connectivity index (χ1v) is 8.40. The maximum Gasteiger partial charge on any atom is 0.329 e. The zero-order valence-electron chi connectivity index (χ0n) is 14.9. The van der Waals surface area contributed by atoms with Crippen molar-refractivity contribution in [3.8, 4) is 12.3 Å². The first-order chi connectivity index (χ1) is 12.9. The molecule has 1 saturated heterocycles. The number of methoxy groups -OCH3 is 1. The number of hydrogen-bond donors (Lipinski definition) is 3. The van der Waals surface area contributed by atoms with E-state index in [1.807, 2.05) is 30.3 Å². The van der Waals surface area contributed by atoms with Crippen LogP contribution in [0.2, 0.25) is 0 Å². The van der Waals surface area contributed by atoms with E-state index in [9.17, 15) is 19.2 Å². The zero-order chi connectivity index (χ0) is 19.8. The minimum absolute atomic E-state index is 0.0409. The topological polar surface area (TPSA) is 114 Å². The fourth-order valence-electron chi connectivity index (χ4n) is 2.71. The van der Waals surface area contributed by atoms with Crippen LogP contribution in [0.15, 0.2) is 30.3 Å². The molecule has 142 valence electrons. The van der Waals surface area contributed by atoms with E-state index in [0.29, 0.717) is 6.42 Å². The molecule has 0 spiro atoms. The van der Waals surface area contributed by atoms with E-state index in [0.717, 1.165) is 5.56 Å². The van der Waals surface area contributed by atoms with Crippen LogP contribution in [0, 0.1) is 12.3 Å². The summed E-state index contributed by atoms with van der Waals surface area (Å²) in [4.78, 5) is 48.2. The molecular weight excluding hydrogens is 350 g/mol. The normalized spacial score (nSPS) is 19.9. The van der Waals surface area contributed by atoms with Crippen LogP contribution in [0.3, 0.4) is 0 Å². The molecule has 27 heavy (non-hydrogen) atoms. The van der Waals surface area contributed by atoms with Crippen LogP contribution in [-0.4, -0.2) is 48.9 Å². The molecule has 0 aliphatic carbocycles. The fraction of sp³-hybridized carbons (Fsp3) is 0.368. The van der Waals surface area contributed by atoms with Crippen LogP contribution < -0.4 is 16.0 Å². The van der Waals surface area contributed by atoms with Crippen molar-refractivity contribution in [3.63, 3.8) is 0 Å². The molecule has 0 radical (unpaired) electrons. The van der Waals surface area contributed by atoms with Gasteiger partial charge in [-0.05, 0) is 5.56 Å². The van der Waals surface area contributed by atoms with E-state index < -0.39 is 35.9 Å². The molecule has 8 heteroatoms. The maximum absolute atomic E-state index is 12.3. The van der Waals surface area contributed by atoms with Crippen molar-refractivity contribution in [1.82, 2.24) is 16.0 Å². The number of esters is 1. The number of carbonyl (C=O) groups is 4. The Labute approximate surface area is 157 Å². The quantitative estimate of drug-likeness (QED) is 0.433. The van der Waals surface area contributed by atoms with Crippen molar-refractivity contribution in [1.29, 1.82) is 0 Å². The van der Waals surface area contributed by atoms with Crippen LogP contribution in [0.25, 0.3) is 0 Å². The Balaban J connectivity index is 1.92. The lowest BCUT2D eigenvalue weighted by Gasteiger charge is -2.29. The smallest absolute Gasteiger partial charge is 0.329 e. The molecule has 1 heterocycles. The highest BCUT2D eigenvalue weighted by Crippen LogP contribution is 2.08. The number of ether oxygens (including phenoxy) is 1. The average Bonchev–Trinajstić information content (AvgIpc) is 2.65. The molecule has 3 atom stereocenters. The van der Waals surface area contributed by atoms with Crippen LogP contribution in [-0.2, 0) is 30.3 Å². The van der Waals surface area contributed by atoms with Gasteiger partial charge in [0.1, 0.15) is 18.1 Å². The summed E-state index contributed by atoms with van der Waals surface area (Å²) in [7, 11) is 1.18. The molecule has 2 rings (SSSR count). The third-order valence-electron chi connectivity index (χ3n) is 4.08. The molecule has 3 amide bonds. The van der Waals surface area contributed by atoms with Crippen LogP contribution >= 0.6 is 0 Å². The Hall–Kier alpha value is -3.34. The number of hydrogen-bond acceptors (Lipinski definition) is 5. The lowest BCUT2D eigenvalue weighted by molar-refractivity contribution is -0.145. The first kappa shape index (κ1) is 20.0. The van der Waals surface area contributed by atoms with Crippen LogP contribution in [0.4, 0.5) is 0 Å². The van der Waals surface area contributed by atoms with Crippen molar-refractivity contribution in [3.05, 3.63) is 35.9 Å². The molecule has 0 aromatic heterocycles. The molecule has 1 aliphatic rings. The number of carbonyl (C=O) groups excluding carboxylic acids is 4. The van der Waals surface area contributed by atoms with E-state index >= 15 is 0 Å². The SMILES string of the molecule is C#CC[C@H](NC(=O)C[C@@H]1NC(=O)[C@H](Cc2ccccc2)NC1=O)C(=O)OC. The average molecular weight is 371 g/mol. The second-order valence-electron chi connectivity index (χ2n) is 6.07. The van der Waals surface area contributed by atoms with Gasteiger partial charge in [-0.15, -0.1) is 12.3 Å². The van der Waals surface area contributed by atoms with E-state index in [2.05, 4.69) is 26.6 Å². The second-order valence-corrected chi connectivity index (χ2v) is 6.07. The third kappa shape index (κ3) is 5.57. The summed E-state index contributed by atoms with van der Waals surface area (Å²) in [6, 6.07) is 6.55. The van der Waals surface area contributed by atoms with Crippen LogP contribution in [0.1, 0.15) is 18.4 Å². The van der Waals surface area contributed by atoms with Gasteiger partial charge in [0.05, 0.1) is 13.5 Å². The van der Waals surface area contributed by atoms with E-state index in [-0.39, 0.29) is 18.7 Å². The van der Waals surface area contributed by atoms with Gasteiger partial charge in [0, 0.05) is 12.8 Å². The largest absolute Gasteiger partial charge is 0.467 e. The van der Waals surface area contributed by atoms with Gasteiger partial charge in [0.2, 0.25) is 17.7 Å². The van der Waals surface area contributed by atoms with Gasteiger partial charge in [-0.25, -0.2) is 4.79 Å². The molecule has 3 N–H and O–H groups in total. The molecule has 1 fully saturated rings. The van der Waals surface area contributed by atoms with Crippen molar-refractivity contribution >= 4 is 23.7 Å². The van der Waals surface area contributed by atoms with E-state index in [4.69, 9.17) is 6.42 Å². The molecule has 1 aromatic carbocycles. The summed E-state index contributed by atoms with van der Waals surface area (Å²) in [5, 5.41) is 7.59. The summed E-state index contributed by atoms with van der Waals surface area (Å²) in [5.74, 6) is 0.166. The molecule has 8 nitrogen and oxygen atoms in total. The molecule has 0 bridgehead atoms. The van der Waals surface area contributed by atoms with Crippen LogP contribution in [0.5, 0.6) is 0 Å². The monoisotopic (exact) mass is 371 g/mol. The minimum atomic E-state index is -1.02. The van der Waals surface area contributed by atoms with Gasteiger partial charge in [0.25, 0.3) is 0 Å². The Morgan fingerprint density at radius 2 is 1.81 bits per heavy atom. The van der Waals surface area contributed by atoms with Crippen molar-refractivity contribution < 1.29 is 23.9 Å². The van der Waals surface area contributed by atoms with Crippen molar-refractivity contribution in [2.75, 3.05) is 7.11 Å². The molecule has 1 aromatic rings. The van der Waals surface area contributed by atoms with Gasteiger partial charge in [0.15, 0.2) is 0 Å². The third-order valence-corrected chi connectivity index (χ3v) is 4.08. The standard InChI is InChI=1S/C19H21N3O5/c1-3-7-13(19(26)27-2)20-16(23)11-15-18(25)21-14(17(24)22-15)10-12-8-5-4-6-9-12/h1,4-6,8-9,13-15H,7,10-11H2,2H3,(H,20,23)(H,21,25)(H,22,24)/t13-,14-,15-/m0/s1. The highest BCUT2D eigenvalue weighted by atomic mass is 16.5. The minimum Gasteiger partial charge on any atom is -0.467 e. The lowest BCUT2D eigenvalue weighted by atomic mass is 10.0. The van der Waals surface area contributed by atoms with Gasteiger partial charge in [-0.1, -0.05) is 30.3 Å². The number of amides is 3. The van der Waals surface area contributed by atoms with Gasteiger partial charge < -0.3 is 20.7 Å². The molecular formula is C19H21N3O5. The molecule has 1 aliphatic heterocycles. The number of rotatable bonds is 7. The Morgan fingerprint density at radius 1 is 1.19 bits per heavy atom. The predicted octanol–water partition coefficient (Wildman–Crippen LogP) is -0.716. The van der Waals surface area contributed by atoms with Gasteiger partial charge in [-0.3, -0.25) is 14.4 Å². The summed E-state index contributed by atoms with van der Waals surface area (Å²) >= 11 is 0. The van der Waals surface area contributed by atoms with Gasteiger partial charge >= 0.3 is 5.97 Å². The Morgan fingerprint density at radius 3 is 2.44 bits per heavy atom. The highest BCUT2D eigenvalue weighted by molar-refractivity contribution is 5.99. The molecule has 0 saturated carbocycles. The van der Waals surface area contributed by atoms with Gasteiger partial charge in [-0.2, -0.15) is 0 Å². The van der Waals surface area contributed by atoms with Crippen molar-refractivity contribution in [2.24, 2.45) is 0 Å². The fourth-order valence-corrected chi connectivity index (χ4v) is 2.71. The zero-order valence-corrected chi connectivity index (χ0v) is 14.9.